The highest BCUT2D eigenvalue weighted by atomic mass is 32.2. The Balaban J connectivity index is 0.000000516. The third-order valence-electron chi connectivity index (χ3n) is 3.48. The molecule has 0 aromatic carbocycles. The van der Waals surface area contributed by atoms with Crippen LogP contribution in [0.4, 0.5) is 13.2 Å². The Labute approximate surface area is 169 Å². The number of aromatic nitrogens is 2. The summed E-state index contributed by atoms with van der Waals surface area (Å²) < 4.78 is 38.2. The summed E-state index contributed by atoms with van der Waals surface area (Å²) in [6.45, 7) is 5.55. The fourth-order valence-corrected chi connectivity index (χ4v) is 3.28. The quantitative estimate of drug-likeness (QED) is 0.674. The third-order valence-corrected chi connectivity index (χ3v) is 4.63. The van der Waals surface area contributed by atoms with Gasteiger partial charge in [0.25, 0.3) is 0 Å². The number of ether oxygens (including phenoxy) is 1. The molecule has 0 spiro atoms. The standard InChI is InChI=1S/C15H21N3O3S.C2HF3O2/c1-3-21-15(20)10-18-9-12(7-17-18)6-13-8-16-5-4-14(13)22-11(2)19;3-2(4,5)1(6)7/h6-7,9,14,16H,3-5,8,10H2,1-2H3;(H,6,7)/b13-6+;. The van der Waals surface area contributed by atoms with Gasteiger partial charge in [-0.1, -0.05) is 17.8 Å². The maximum atomic E-state index is 11.4. The first-order valence-electron chi connectivity index (χ1n) is 8.59. The third kappa shape index (κ3) is 9.61. The number of rotatable bonds is 5. The van der Waals surface area contributed by atoms with Gasteiger partial charge in [0.1, 0.15) is 6.54 Å². The van der Waals surface area contributed by atoms with E-state index in [9.17, 15) is 22.8 Å². The predicted molar refractivity (Wildman–Crippen MR) is 100 cm³/mol. The maximum Gasteiger partial charge on any atom is 0.490 e. The van der Waals surface area contributed by atoms with Crippen LogP contribution in [-0.2, 0) is 25.7 Å². The molecule has 1 aliphatic heterocycles. The lowest BCUT2D eigenvalue weighted by Crippen LogP contribution is -2.32. The number of carbonyl (C=O) groups is 3. The molecule has 2 heterocycles. The summed E-state index contributed by atoms with van der Waals surface area (Å²) in [6.07, 6.45) is 1.43. The van der Waals surface area contributed by atoms with Crippen LogP contribution in [0.15, 0.2) is 18.0 Å². The fraction of sp³-hybridized carbons (Fsp3) is 0.529. The second kappa shape index (κ2) is 11.6. The highest BCUT2D eigenvalue weighted by molar-refractivity contribution is 8.14. The molecular formula is C17H22F3N3O5S. The van der Waals surface area contributed by atoms with Gasteiger partial charge in [0.2, 0.25) is 0 Å². The number of halogens is 3. The fourth-order valence-electron chi connectivity index (χ4n) is 2.34. The van der Waals surface area contributed by atoms with Crippen molar-refractivity contribution >= 4 is 34.9 Å². The van der Waals surface area contributed by atoms with Crippen LogP contribution in [-0.4, -0.2) is 63.1 Å². The number of piperidine rings is 1. The second-order valence-corrected chi connectivity index (χ2v) is 7.24. The molecule has 1 atom stereocenters. The van der Waals surface area contributed by atoms with Crippen LogP contribution < -0.4 is 5.32 Å². The summed E-state index contributed by atoms with van der Waals surface area (Å²) in [5.74, 6) is -3.05. The van der Waals surface area contributed by atoms with Crippen molar-refractivity contribution in [2.75, 3.05) is 19.7 Å². The van der Waals surface area contributed by atoms with Crippen molar-refractivity contribution in [2.24, 2.45) is 0 Å². The van der Waals surface area contributed by atoms with Crippen molar-refractivity contribution in [3.05, 3.63) is 23.5 Å². The maximum absolute atomic E-state index is 11.4. The predicted octanol–water partition coefficient (Wildman–Crippen LogP) is 2.10. The molecule has 0 aliphatic carbocycles. The molecule has 1 fully saturated rings. The average Bonchev–Trinajstić information content (AvgIpc) is 3.03. The van der Waals surface area contributed by atoms with E-state index in [0.29, 0.717) is 6.61 Å². The largest absolute Gasteiger partial charge is 0.490 e. The zero-order valence-electron chi connectivity index (χ0n) is 15.9. The Morgan fingerprint density at radius 3 is 2.66 bits per heavy atom. The molecule has 8 nitrogen and oxygen atoms in total. The van der Waals surface area contributed by atoms with Gasteiger partial charge in [-0.05, 0) is 25.5 Å². The van der Waals surface area contributed by atoms with Crippen molar-refractivity contribution in [1.82, 2.24) is 15.1 Å². The zero-order valence-corrected chi connectivity index (χ0v) is 16.7. The number of nitrogens with zero attached hydrogens (tertiary/aromatic N) is 2. The van der Waals surface area contributed by atoms with Crippen LogP contribution in [0, 0.1) is 0 Å². The number of hydrogen-bond donors (Lipinski definition) is 2. The van der Waals surface area contributed by atoms with Gasteiger partial charge in [-0.2, -0.15) is 18.3 Å². The molecule has 1 aromatic heterocycles. The molecule has 162 valence electrons. The minimum atomic E-state index is -5.08. The Bertz CT molecular complexity index is 749. The summed E-state index contributed by atoms with van der Waals surface area (Å²) >= 11 is 1.38. The highest BCUT2D eigenvalue weighted by Gasteiger charge is 2.38. The van der Waals surface area contributed by atoms with E-state index in [-0.39, 0.29) is 22.9 Å². The molecule has 29 heavy (non-hydrogen) atoms. The molecule has 0 bridgehead atoms. The minimum Gasteiger partial charge on any atom is -0.475 e. The molecule has 0 saturated carbocycles. The van der Waals surface area contributed by atoms with Gasteiger partial charge in [0, 0.05) is 30.5 Å². The van der Waals surface area contributed by atoms with Crippen molar-refractivity contribution in [2.45, 2.75) is 38.2 Å². The van der Waals surface area contributed by atoms with E-state index in [1.54, 1.807) is 24.7 Å². The zero-order chi connectivity index (χ0) is 22.0. The van der Waals surface area contributed by atoms with E-state index in [1.165, 1.54) is 17.3 Å². The summed E-state index contributed by atoms with van der Waals surface area (Å²) in [5, 5.41) is 15.0. The van der Waals surface area contributed by atoms with Crippen LogP contribution in [0.2, 0.25) is 0 Å². The van der Waals surface area contributed by atoms with Gasteiger partial charge >= 0.3 is 18.1 Å². The number of thioether (sulfide) groups is 1. The SMILES string of the molecule is CCOC(=O)Cn1cc(/C=C2\CNCCC2SC(C)=O)cn1.O=C(O)C(F)(F)F. The van der Waals surface area contributed by atoms with Gasteiger partial charge in [-0.3, -0.25) is 14.3 Å². The molecule has 0 amide bonds. The normalized spacial score (nSPS) is 18.0. The Hall–Kier alpha value is -2.34. The lowest BCUT2D eigenvalue weighted by Gasteiger charge is -2.24. The van der Waals surface area contributed by atoms with E-state index in [4.69, 9.17) is 14.6 Å². The number of esters is 1. The van der Waals surface area contributed by atoms with E-state index in [0.717, 1.165) is 25.1 Å². The molecule has 1 aromatic rings. The topological polar surface area (TPSA) is 111 Å². The Kier molecular flexibility index (Phi) is 9.89. The molecule has 1 aliphatic rings. The second-order valence-electron chi connectivity index (χ2n) is 5.86. The van der Waals surface area contributed by atoms with Gasteiger partial charge in [0.05, 0.1) is 12.8 Å². The van der Waals surface area contributed by atoms with E-state index < -0.39 is 12.1 Å². The van der Waals surface area contributed by atoms with Crippen molar-refractivity contribution in [1.29, 1.82) is 0 Å². The van der Waals surface area contributed by atoms with Crippen LogP contribution in [0.25, 0.3) is 6.08 Å². The number of alkyl halides is 3. The van der Waals surface area contributed by atoms with Crippen LogP contribution in [0.3, 0.4) is 0 Å². The molecule has 2 N–H and O–H groups in total. The number of carbonyl (C=O) groups excluding carboxylic acids is 2. The number of aliphatic carboxylic acids is 1. The smallest absolute Gasteiger partial charge is 0.475 e. The number of carboxylic acids is 1. The number of nitrogens with one attached hydrogen (secondary N) is 1. The van der Waals surface area contributed by atoms with Gasteiger partial charge in [-0.15, -0.1) is 0 Å². The lowest BCUT2D eigenvalue weighted by molar-refractivity contribution is -0.192. The molecule has 1 unspecified atom stereocenters. The first kappa shape index (κ1) is 24.7. The molecule has 0 radical (unpaired) electrons. The molecule has 2 rings (SSSR count). The molecule has 12 heteroatoms. The van der Waals surface area contributed by atoms with Gasteiger partial charge in [0.15, 0.2) is 5.12 Å². The van der Waals surface area contributed by atoms with E-state index >= 15 is 0 Å². The van der Waals surface area contributed by atoms with Crippen LogP contribution in [0.1, 0.15) is 25.8 Å². The van der Waals surface area contributed by atoms with Crippen molar-refractivity contribution in [3.63, 3.8) is 0 Å². The van der Waals surface area contributed by atoms with Crippen molar-refractivity contribution in [3.8, 4) is 0 Å². The van der Waals surface area contributed by atoms with Gasteiger partial charge < -0.3 is 15.2 Å². The number of carboxylic acid groups (broad SMARTS) is 1. The summed E-state index contributed by atoms with van der Waals surface area (Å²) in [6, 6.07) is 0. The van der Waals surface area contributed by atoms with Crippen LogP contribution in [0.5, 0.6) is 0 Å². The lowest BCUT2D eigenvalue weighted by atomic mass is 10.0. The Morgan fingerprint density at radius 1 is 1.45 bits per heavy atom. The van der Waals surface area contributed by atoms with E-state index in [2.05, 4.69) is 10.4 Å². The number of hydrogen-bond acceptors (Lipinski definition) is 7. The highest BCUT2D eigenvalue weighted by Crippen LogP contribution is 2.26. The molecule has 1 saturated heterocycles. The minimum absolute atomic E-state index is 0.112. The molecular weight excluding hydrogens is 415 g/mol. The first-order valence-corrected chi connectivity index (χ1v) is 9.47. The van der Waals surface area contributed by atoms with Crippen LogP contribution >= 0.6 is 11.8 Å². The first-order chi connectivity index (χ1) is 13.5. The summed E-state index contributed by atoms with van der Waals surface area (Å²) in [4.78, 5) is 31.7. The van der Waals surface area contributed by atoms with Crippen molar-refractivity contribution < 1.29 is 37.4 Å². The van der Waals surface area contributed by atoms with Gasteiger partial charge in [-0.25, -0.2) is 4.79 Å². The Morgan fingerprint density at radius 2 is 2.10 bits per heavy atom. The average molecular weight is 437 g/mol. The van der Waals surface area contributed by atoms with E-state index in [1.807, 2.05) is 12.3 Å². The summed E-state index contributed by atoms with van der Waals surface area (Å²) in [5.41, 5.74) is 2.11. The summed E-state index contributed by atoms with van der Waals surface area (Å²) in [7, 11) is 0. The monoisotopic (exact) mass is 437 g/mol.